The molecule has 1 aliphatic rings. The number of fused-ring (bicyclic) bond motifs is 1. The van der Waals surface area contributed by atoms with E-state index < -0.39 is 0 Å². The molecule has 0 saturated carbocycles. The number of aromatic nitrogens is 1. The van der Waals surface area contributed by atoms with Gasteiger partial charge in [-0.2, -0.15) is 0 Å². The molecule has 33 heavy (non-hydrogen) atoms. The van der Waals surface area contributed by atoms with E-state index in [0.29, 0.717) is 31.9 Å². The zero-order valence-electron chi connectivity index (χ0n) is 18.5. The van der Waals surface area contributed by atoms with Gasteiger partial charge in [-0.25, -0.2) is 0 Å². The summed E-state index contributed by atoms with van der Waals surface area (Å²) in [6.07, 6.45) is 4.59. The molecular formula is C28H27N3O2. The molecule has 1 aromatic heterocycles. The topological polar surface area (TPSA) is 54.5 Å². The number of benzene rings is 3. The third-order valence-corrected chi connectivity index (χ3v) is 6.12. The van der Waals surface area contributed by atoms with E-state index in [1.54, 1.807) is 0 Å². The summed E-state index contributed by atoms with van der Waals surface area (Å²) in [6, 6.07) is 26.0. The minimum Gasteiger partial charge on any atom is -0.379 e. The van der Waals surface area contributed by atoms with Gasteiger partial charge in [-0.1, -0.05) is 48.5 Å². The van der Waals surface area contributed by atoms with Crippen LogP contribution in [0.4, 0.5) is 11.4 Å². The summed E-state index contributed by atoms with van der Waals surface area (Å²) in [5.74, 6) is 0.251. The quantitative estimate of drug-likeness (QED) is 0.460. The van der Waals surface area contributed by atoms with Crippen LogP contribution >= 0.6 is 0 Å². The molecule has 5 rings (SSSR count). The molecule has 1 amide bonds. The van der Waals surface area contributed by atoms with Crippen LogP contribution in [0.25, 0.3) is 10.8 Å². The fraction of sp³-hybridized carbons (Fsp3) is 0.214. The average molecular weight is 438 g/mol. The molecule has 1 aliphatic heterocycles. The van der Waals surface area contributed by atoms with Crippen LogP contribution in [-0.2, 0) is 11.2 Å². The maximum absolute atomic E-state index is 13.6. The summed E-state index contributed by atoms with van der Waals surface area (Å²) in [4.78, 5) is 19.8. The van der Waals surface area contributed by atoms with E-state index in [2.05, 4.69) is 28.5 Å². The Labute approximate surface area is 194 Å². The number of hydrogen-bond donors (Lipinski definition) is 1. The van der Waals surface area contributed by atoms with E-state index in [4.69, 9.17) is 4.74 Å². The predicted molar refractivity (Wildman–Crippen MR) is 132 cm³/mol. The van der Waals surface area contributed by atoms with E-state index in [1.807, 2.05) is 78.0 Å². The summed E-state index contributed by atoms with van der Waals surface area (Å²) < 4.78 is 5.91. The second-order valence-corrected chi connectivity index (χ2v) is 8.45. The first kappa shape index (κ1) is 21.2. The van der Waals surface area contributed by atoms with E-state index in [0.717, 1.165) is 17.8 Å². The van der Waals surface area contributed by atoms with Crippen molar-refractivity contribution in [3.8, 4) is 0 Å². The van der Waals surface area contributed by atoms with E-state index >= 15 is 0 Å². The van der Waals surface area contributed by atoms with Crippen LogP contribution in [0.5, 0.6) is 0 Å². The van der Waals surface area contributed by atoms with Gasteiger partial charge in [0.15, 0.2) is 0 Å². The number of amides is 1. The van der Waals surface area contributed by atoms with Crippen molar-refractivity contribution in [2.75, 3.05) is 31.6 Å². The van der Waals surface area contributed by atoms with Crippen LogP contribution in [0.15, 0.2) is 91.3 Å². The van der Waals surface area contributed by atoms with Gasteiger partial charge in [0.2, 0.25) is 0 Å². The van der Waals surface area contributed by atoms with Crippen LogP contribution < -0.4 is 5.32 Å². The highest BCUT2D eigenvalue weighted by Gasteiger charge is 2.25. The molecule has 0 aliphatic carbocycles. The summed E-state index contributed by atoms with van der Waals surface area (Å²) in [5.41, 5.74) is 3.70. The molecule has 1 saturated heterocycles. The monoisotopic (exact) mass is 437 g/mol. The van der Waals surface area contributed by atoms with Crippen molar-refractivity contribution in [2.45, 2.75) is 6.42 Å². The van der Waals surface area contributed by atoms with Crippen molar-refractivity contribution in [3.63, 3.8) is 0 Å². The number of carbonyl (C=O) groups excluding carboxylic acids is 1. The van der Waals surface area contributed by atoms with Gasteiger partial charge < -0.3 is 15.0 Å². The van der Waals surface area contributed by atoms with Crippen molar-refractivity contribution in [1.82, 2.24) is 9.88 Å². The van der Waals surface area contributed by atoms with Gasteiger partial charge in [0.05, 0.1) is 24.5 Å². The van der Waals surface area contributed by atoms with Crippen LogP contribution in [0.2, 0.25) is 0 Å². The molecule has 5 nitrogen and oxygen atoms in total. The van der Waals surface area contributed by atoms with Gasteiger partial charge >= 0.3 is 0 Å². The standard InChI is InChI=1S/C28H27N3O2/c32-28(25-11-4-5-12-27(25)30-24-9-2-1-3-10-24)31-15-16-33-20-21(19-31)17-23-8-6-7-22-13-14-29-18-26(22)23/h1-14,18,21,30H,15-17,19-20H2/t21-/m1/s1. The van der Waals surface area contributed by atoms with Crippen LogP contribution in [0.1, 0.15) is 15.9 Å². The van der Waals surface area contributed by atoms with E-state index in [1.165, 1.54) is 16.3 Å². The summed E-state index contributed by atoms with van der Waals surface area (Å²) in [5, 5.41) is 5.75. The predicted octanol–water partition coefficient (Wildman–Crippen LogP) is 5.31. The van der Waals surface area contributed by atoms with Crippen molar-refractivity contribution in [3.05, 3.63) is 102 Å². The Morgan fingerprint density at radius 1 is 1.00 bits per heavy atom. The number of hydrogen-bond acceptors (Lipinski definition) is 4. The summed E-state index contributed by atoms with van der Waals surface area (Å²) >= 11 is 0. The molecule has 2 heterocycles. The van der Waals surface area contributed by atoms with Gasteiger partial charge in [0, 0.05) is 42.5 Å². The lowest BCUT2D eigenvalue weighted by atomic mass is 9.95. The molecule has 5 heteroatoms. The highest BCUT2D eigenvalue weighted by Crippen LogP contribution is 2.25. The molecule has 1 N–H and O–H groups in total. The van der Waals surface area contributed by atoms with Gasteiger partial charge in [0.25, 0.3) is 5.91 Å². The average Bonchev–Trinajstić information content (AvgIpc) is 3.10. The van der Waals surface area contributed by atoms with Crippen LogP contribution in [0, 0.1) is 5.92 Å². The number of carbonyl (C=O) groups is 1. The Bertz CT molecular complexity index is 1240. The first-order valence-corrected chi connectivity index (χ1v) is 11.4. The lowest BCUT2D eigenvalue weighted by molar-refractivity contribution is 0.0738. The Morgan fingerprint density at radius 2 is 1.85 bits per heavy atom. The lowest BCUT2D eigenvalue weighted by Gasteiger charge is -2.25. The summed E-state index contributed by atoms with van der Waals surface area (Å²) in [6.45, 7) is 2.44. The molecule has 0 spiro atoms. The Hall–Kier alpha value is -3.70. The molecule has 1 atom stereocenters. The van der Waals surface area contributed by atoms with Gasteiger partial charge in [-0.15, -0.1) is 0 Å². The first-order valence-electron chi connectivity index (χ1n) is 11.4. The Kier molecular flexibility index (Phi) is 6.31. The van der Waals surface area contributed by atoms with Crippen molar-refractivity contribution >= 4 is 28.1 Å². The molecular weight excluding hydrogens is 410 g/mol. The highest BCUT2D eigenvalue weighted by molar-refractivity contribution is 6.00. The zero-order chi connectivity index (χ0) is 22.5. The maximum Gasteiger partial charge on any atom is 0.256 e. The minimum absolute atomic E-state index is 0.0316. The molecule has 0 bridgehead atoms. The van der Waals surface area contributed by atoms with Crippen molar-refractivity contribution < 1.29 is 9.53 Å². The van der Waals surface area contributed by atoms with E-state index in [9.17, 15) is 4.79 Å². The van der Waals surface area contributed by atoms with Gasteiger partial charge in [-0.05, 0) is 47.7 Å². The Balaban J connectivity index is 1.36. The largest absolute Gasteiger partial charge is 0.379 e. The smallest absolute Gasteiger partial charge is 0.256 e. The number of para-hydroxylation sites is 2. The van der Waals surface area contributed by atoms with Gasteiger partial charge in [0.1, 0.15) is 0 Å². The van der Waals surface area contributed by atoms with E-state index in [-0.39, 0.29) is 11.8 Å². The Morgan fingerprint density at radius 3 is 2.76 bits per heavy atom. The van der Waals surface area contributed by atoms with Crippen LogP contribution in [-0.4, -0.2) is 42.1 Å². The highest BCUT2D eigenvalue weighted by atomic mass is 16.5. The number of rotatable bonds is 5. The van der Waals surface area contributed by atoms with Crippen molar-refractivity contribution in [1.29, 1.82) is 0 Å². The maximum atomic E-state index is 13.6. The molecule has 166 valence electrons. The summed E-state index contributed by atoms with van der Waals surface area (Å²) in [7, 11) is 0. The number of pyridine rings is 1. The van der Waals surface area contributed by atoms with Gasteiger partial charge in [-0.3, -0.25) is 9.78 Å². The fourth-order valence-electron chi connectivity index (χ4n) is 4.48. The molecule has 0 unspecified atom stereocenters. The third kappa shape index (κ3) is 4.89. The molecule has 1 fully saturated rings. The number of nitrogens with one attached hydrogen (secondary N) is 1. The lowest BCUT2D eigenvalue weighted by Crippen LogP contribution is -2.36. The zero-order valence-corrected chi connectivity index (χ0v) is 18.5. The fourth-order valence-corrected chi connectivity index (χ4v) is 4.48. The third-order valence-electron chi connectivity index (χ3n) is 6.12. The second-order valence-electron chi connectivity index (χ2n) is 8.45. The molecule has 3 aromatic carbocycles. The van der Waals surface area contributed by atoms with Crippen LogP contribution in [0.3, 0.4) is 0 Å². The number of ether oxygens (including phenoxy) is 1. The normalized spacial score (nSPS) is 16.4. The second kappa shape index (κ2) is 9.84. The molecule has 0 radical (unpaired) electrons. The SMILES string of the molecule is O=C(c1ccccc1Nc1ccccc1)N1CCOC[C@H](Cc2cccc3ccncc23)C1. The molecule has 4 aromatic rings. The van der Waals surface area contributed by atoms with Crippen molar-refractivity contribution in [2.24, 2.45) is 5.92 Å². The first-order chi connectivity index (χ1) is 16.3. The minimum atomic E-state index is 0.0316. The number of nitrogens with zero attached hydrogens (tertiary/aromatic N) is 2. The number of anilines is 2.